The number of hydrogen-bond donors (Lipinski definition) is 1. The lowest BCUT2D eigenvalue weighted by atomic mass is 9.93. The van der Waals surface area contributed by atoms with Gasteiger partial charge < -0.3 is 9.15 Å². The number of amides is 1. The number of halogens is 1. The van der Waals surface area contributed by atoms with Gasteiger partial charge in [-0.1, -0.05) is 29.8 Å². The van der Waals surface area contributed by atoms with Gasteiger partial charge in [0.2, 0.25) is 5.76 Å². The van der Waals surface area contributed by atoms with Crippen molar-refractivity contribution in [2.45, 2.75) is 40.0 Å². The van der Waals surface area contributed by atoms with Crippen LogP contribution in [0, 0.1) is 20.8 Å². The maximum Gasteiger partial charge on any atom is 0.379 e. The van der Waals surface area contributed by atoms with Crippen LogP contribution >= 0.6 is 11.6 Å². The lowest BCUT2D eigenvalue weighted by Crippen LogP contribution is -2.22. The smallest absolute Gasteiger partial charge is 0.379 e. The van der Waals surface area contributed by atoms with Crippen molar-refractivity contribution in [3.05, 3.63) is 86.8 Å². The normalized spacial score (nSPS) is 14.2. The van der Waals surface area contributed by atoms with E-state index < -0.39 is 5.97 Å². The summed E-state index contributed by atoms with van der Waals surface area (Å²) in [5, 5.41) is 4.97. The van der Waals surface area contributed by atoms with E-state index in [4.69, 9.17) is 20.8 Å². The first-order valence-electron chi connectivity index (χ1n) is 10.4. The lowest BCUT2D eigenvalue weighted by molar-refractivity contribution is 0.0698. The zero-order chi connectivity index (χ0) is 22.8. The minimum absolute atomic E-state index is 0.141. The third-order valence-electron chi connectivity index (χ3n) is 5.53. The maximum atomic E-state index is 12.8. The van der Waals surface area contributed by atoms with Crippen molar-refractivity contribution in [2.75, 3.05) is 0 Å². The summed E-state index contributed by atoms with van der Waals surface area (Å²) in [6.45, 7) is 5.52. The summed E-state index contributed by atoms with van der Waals surface area (Å²) in [6.07, 6.45) is 2.17. The summed E-state index contributed by atoms with van der Waals surface area (Å²) in [5.74, 6) is 0.355. The van der Waals surface area contributed by atoms with Gasteiger partial charge in [-0.05, 0) is 69.0 Å². The van der Waals surface area contributed by atoms with E-state index in [9.17, 15) is 9.59 Å². The molecule has 1 amide bonds. The second-order valence-corrected chi connectivity index (χ2v) is 8.23. The van der Waals surface area contributed by atoms with Crippen LogP contribution in [0.1, 0.15) is 61.8 Å². The van der Waals surface area contributed by atoms with Crippen molar-refractivity contribution < 1.29 is 18.7 Å². The Morgan fingerprint density at radius 3 is 2.59 bits per heavy atom. The van der Waals surface area contributed by atoms with Gasteiger partial charge >= 0.3 is 5.97 Å². The van der Waals surface area contributed by atoms with E-state index in [2.05, 4.69) is 10.5 Å². The number of hydrazone groups is 1. The van der Waals surface area contributed by atoms with Crippen LogP contribution in [0.2, 0.25) is 5.02 Å². The second kappa shape index (κ2) is 9.01. The zero-order valence-corrected chi connectivity index (χ0v) is 18.9. The zero-order valence-electron chi connectivity index (χ0n) is 18.1. The van der Waals surface area contributed by atoms with Crippen molar-refractivity contribution in [3.8, 4) is 5.75 Å². The third-order valence-corrected chi connectivity index (χ3v) is 5.96. The molecule has 0 unspecified atom stereocenters. The molecule has 0 bridgehead atoms. The fourth-order valence-electron chi connectivity index (χ4n) is 3.81. The van der Waals surface area contributed by atoms with Crippen LogP contribution in [-0.4, -0.2) is 17.6 Å². The minimum atomic E-state index is -0.582. The number of rotatable bonds is 4. The molecule has 3 aromatic rings. The Hall–Kier alpha value is -3.38. The Kier molecular flexibility index (Phi) is 6.15. The van der Waals surface area contributed by atoms with Crippen LogP contribution in [0.25, 0.3) is 0 Å². The number of aryl methyl sites for hydroxylation is 3. The number of benzene rings is 2. The molecule has 32 heavy (non-hydrogen) atoms. The average molecular weight is 451 g/mol. The van der Waals surface area contributed by atoms with Crippen molar-refractivity contribution in [1.29, 1.82) is 0 Å². The van der Waals surface area contributed by atoms with Gasteiger partial charge in [-0.15, -0.1) is 0 Å². The number of carbonyl (C=O) groups excluding carboxylic acids is 2. The van der Waals surface area contributed by atoms with E-state index in [1.165, 1.54) is 0 Å². The van der Waals surface area contributed by atoms with Crippen molar-refractivity contribution >= 4 is 29.2 Å². The number of hydrogen-bond acceptors (Lipinski definition) is 5. The van der Waals surface area contributed by atoms with Gasteiger partial charge in [-0.2, -0.15) is 5.10 Å². The van der Waals surface area contributed by atoms with Crippen molar-refractivity contribution in [2.24, 2.45) is 5.10 Å². The van der Waals surface area contributed by atoms with Crippen LogP contribution in [0.5, 0.6) is 5.75 Å². The Morgan fingerprint density at radius 1 is 1.06 bits per heavy atom. The summed E-state index contributed by atoms with van der Waals surface area (Å²) in [4.78, 5) is 25.3. The Morgan fingerprint density at radius 2 is 1.84 bits per heavy atom. The molecule has 1 aliphatic carbocycles. The van der Waals surface area contributed by atoms with E-state index in [1.54, 1.807) is 31.2 Å². The van der Waals surface area contributed by atoms with Gasteiger partial charge in [-0.3, -0.25) is 4.79 Å². The van der Waals surface area contributed by atoms with E-state index in [0.29, 0.717) is 46.2 Å². The highest BCUT2D eigenvalue weighted by Crippen LogP contribution is 2.31. The van der Waals surface area contributed by atoms with Crippen LogP contribution in [0.3, 0.4) is 0 Å². The number of nitrogens with one attached hydrogen (secondary N) is 1. The summed E-state index contributed by atoms with van der Waals surface area (Å²) < 4.78 is 11.4. The van der Waals surface area contributed by atoms with Crippen LogP contribution in [-0.2, 0) is 6.42 Å². The fraction of sp³-hybridized carbons (Fsp3) is 0.240. The van der Waals surface area contributed by atoms with Crippen LogP contribution in [0.4, 0.5) is 0 Å². The molecule has 0 aliphatic heterocycles. The third kappa shape index (κ3) is 4.32. The number of furan rings is 1. The molecule has 2 aromatic carbocycles. The maximum absolute atomic E-state index is 12.8. The molecule has 6 nitrogen and oxygen atoms in total. The molecule has 0 spiro atoms. The molecule has 1 N–H and O–H groups in total. The molecule has 0 fully saturated rings. The minimum Gasteiger partial charge on any atom is -0.453 e. The predicted molar refractivity (Wildman–Crippen MR) is 123 cm³/mol. The molecule has 1 aliphatic rings. The van der Waals surface area contributed by atoms with Gasteiger partial charge in [0, 0.05) is 28.1 Å². The summed E-state index contributed by atoms with van der Waals surface area (Å²) >= 11 is 6.04. The van der Waals surface area contributed by atoms with Crippen molar-refractivity contribution in [1.82, 2.24) is 5.43 Å². The first-order chi connectivity index (χ1) is 15.3. The first-order valence-corrected chi connectivity index (χ1v) is 10.8. The lowest BCUT2D eigenvalue weighted by Gasteiger charge is -2.13. The van der Waals surface area contributed by atoms with Gasteiger partial charge in [-0.25, -0.2) is 10.2 Å². The first kappa shape index (κ1) is 21.8. The number of fused-ring (bicyclic) bond motifs is 1. The standard InChI is InChI=1S/C25H23ClN2O4/c1-14-7-4-5-8-18(14)24(29)28-27-20-9-6-10-21-22(20)16(3)23(32-21)25(30)31-17-11-12-19(26)15(2)13-17/h4-5,7-8,11-13H,6,9-10H2,1-3H3,(H,28,29)/b27-20+. The van der Waals surface area contributed by atoms with Crippen LogP contribution in [0.15, 0.2) is 52.0 Å². The molecule has 0 atom stereocenters. The predicted octanol–water partition coefficient (Wildman–Crippen LogP) is 5.55. The monoisotopic (exact) mass is 450 g/mol. The average Bonchev–Trinajstić information content (AvgIpc) is 3.12. The van der Waals surface area contributed by atoms with E-state index >= 15 is 0 Å². The molecule has 0 radical (unpaired) electrons. The highest BCUT2D eigenvalue weighted by atomic mass is 35.5. The number of carbonyl (C=O) groups is 2. The molecular weight excluding hydrogens is 428 g/mol. The molecule has 1 heterocycles. The van der Waals surface area contributed by atoms with Gasteiger partial charge in [0.1, 0.15) is 11.5 Å². The summed E-state index contributed by atoms with van der Waals surface area (Å²) in [7, 11) is 0. The Balaban J connectivity index is 1.57. The number of ether oxygens (including phenoxy) is 1. The van der Waals surface area contributed by atoms with E-state index in [0.717, 1.165) is 23.1 Å². The Bertz CT molecular complexity index is 1240. The summed E-state index contributed by atoms with van der Waals surface area (Å²) in [5.41, 5.74) is 7.01. The van der Waals surface area contributed by atoms with Gasteiger partial charge in [0.25, 0.3) is 5.91 Å². The molecule has 7 heteroatoms. The largest absolute Gasteiger partial charge is 0.453 e. The van der Waals surface area contributed by atoms with Gasteiger partial charge in [0.15, 0.2) is 0 Å². The topological polar surface area (TPSA) is 80.9 Å². The summed E-state index contributed by atoms with van der Waals surface area (Å²) in [6, 6.07) is 12.3. The number of nitrogens with zero attached hydrogens (tertiary/aromatic N) is 1. The van der Waals surface area contributed by atoms with E-state index in [1.807, 2.05) is 32.0 Å². The molecule has 4 rings (SSSR count). The SMILES string of the molecule is Cc1cc(OC(=O)c2oc3c(c2C)/C(=N/NC(=O)c2ccccc2C)CCC3)ccc1Cl. The van der Waals surface area contributed by atoms with Crippen molar-refractivity contribution in [3.63, 3.8) is 0 Å². The Labute approximate surface area is 191 Å². The van der Waals surface area contributed by atoms with Gasteiger partial charge in [0.05, 0.1) is 5.71 Å². The molecule has 0 saturated heterocycles. The molecule has 0 saturated carbocycles. The number of esters is 1. The quantitative estimate of drug-likeness (QED) is 0.321. The van der Waals surface area contributed by atoms with Crippen LogP contribution < -0.4 is 10.2 Å². The second-order valence-electron chi connectivity index (χ2n) is 7.82. The molecule has 164 valence electrons. The molecule has 1 aromatic heterocycles. The van der Waals surface area contributed by atoms with E-state index in [-0.39, 0.29) is 11.7 Å². The fourth-order valence-corrected chi connectivity index (χ4v) is 3.93. The molecular formula is C25H23ClN2O4. The highest BCUT2D eigenvalue weighted by Gasteiger charge is 2.29. The highest BCUT2D eigenvalue weighted by molar-refractivity contribution is 6.31.